The summed E-state index contributed by atoms with van der Waals surface area (Å²) in [4.78, 5) is 9.22. The molecular weight excluding hydrogens is 365 g/mol. The minimum Gasteiger partial charge on any atom is -0.355 e. The normalized spacial score (nSPS) is 18.4. The van der Waals surface area contributed by atoms with Crippen molar-refractivity contribution in [2.45, 2.75) is 31.7 Å². The number of H-pyrrole nitrogens is 1. The van der Waals surface area contributed by atoms with E-state index in [1.807, 2.05) is 12.1 Å². The number of anilines is 1. The molecule has 2 aromatic heterocycles. The van der Waals surface area contributed by atoms with Gasteiger partial charge in [0, 0.05) is 37.1 Å². The topological polar surface area (TPSA) is 48.1 Å². The highest BCUT2D eigenvalue weighted by Gasteiger charge is 2.29. The van der Waals surface area contributed by atoms with Crippen LogP contribution in [-0.2, 0) is 0 Å². The molecule has 2 saturated heterocycles. The summed E-state index contributed by atoms with van der Waals surface area (Å²) in [5.74, 6) is 0.748. The second kappa shape index (κ2) is 7.95. The van der Waals surface area contributed by atoms with Gasteiger partial charge in [0.15, 0.2) is 5.82 Å². The molecular formula is C23H26FN5. The Kier molecular flexibility index (Phi) is 5.02. The lowest BCUT2D eigenvalue weighted by Gasteiger charge is -2.37. The van der Waals surface area contributed by atoms with E-state index in [0.29, 0.717) is 6.04 Å². The maximum atomic E-state index is 13.4. The van der Waals surface area contributed by atoms with Gasteiger partial charge in [0.25, 0.3) is 0 Å². The van der Waals surface area contributed by atoms with Crippen LogP contribution < -0.4 is 4.90 Å². The van der Waals surface area contributed by atoms with E-state index >= 15 is 0 Å². The van der Waals surface area contributed by atoms with E-state index in [-0.39, 0.29) is 5.82 Å². The fourth-order valence-corrected chi connectivity index (χ4v) is 4.73. The Balaban J connectivity index is 1.46. The molecule has 5 rings (SSSR count). The molecule has 0 spiro atoms. The fraction of sp³-hybridized carbons (Fsp3) is 0.391. The lowest BCUT2D eigenvalue weighted by atomic mass is 9.99. The Hall–Kier alpha value is -2.73. The highest BCUT2D eigenvalue weighted by atomic mass is 19.1. The van der Waals surface area contributed by atoms with Gasteiger partial charge in [-0.15, -0.1) is 0 Å². The van der Waals surface area contributed by atoms with Gasteiger partial charge >= 0.3 is 0 Å². The van der Waals surface area contributed by atoms with Crippen LogP contribution in [-0.4, -0.2) is 52.3 Å². The SMILES string of the molecule is Fc1ccc(-c2[nH]nc(N3CCC(N4CCCC4)CC3)c2-c2ccncc2)cc1. The Morgan fingerprint density at radius 3 is 2.24 bits per heavy atom. The predicted molar refractivity (Wildman–Crippen MR) is 113 cm³/mol. The molecule has 2 aliphatic heterocycles. The standard InChI is InChI=1S/C23H26FN5/c24-19-5-3-18(4-6-19)22-21(17-7-11-25-12-8-17)23(27-26-22)29-15-9-20(10-16-29)28-13-1-2-14-28/h3-8,11-12,20H,1-2,9-10,13-16H2,(H,26,27). The summed E-state index contributed by atoms with van der Waals surface area (Å²) in [6.07, 6.45) is 8.64. The summed E-state index contributed by atoms with van der Waals surface area (Å²) in [6.45, 7) is 4.52. The van der Waals surface area contributed by atoms with Crippen molar-refractivity contribution in [3.05, 3.63) is 54.6 Å². The number of pyridine rings is 1. The molecule has 1 aromatic carbocycles. The van der Waals surface area contributed by atoms with Gasteiger partial charge in [0.05, 0.1) is 11.3 Å². The average Bonchev–Trinajstić information content (AvgIpc) is 3.46. The molecule has 4 heterocycles. The molecule has 3 aromatic rings. The maximum Gasteiger partial charge on any atom is 0.158 e. The second-order valence-corrected chi connectivity index (χ2v) is 8.00. The van der Waals surface area contributed by atoms with Crippen LogP contribution in [0.15, 0.2) is 48.8 Å². The van der Waals surface area contributed by atoms with Crippen LogP contribution in [0.5, 0.6) is 0 Å². The first-order valence-corrected chi connectivity index (χ1v) is 10.5. The summed E-state index contributed by atoms with van der Waals surface area (Å²) in [5, 5.41) is 7.94. The molecule has 1 N–H and O–H groups in total. The maximum absolute atomic E-state index is 13.4. The Bertz CT molecular complexity index is 939. The lowest BCUT2D eigenvalue weighted by Crippen LogP contribution is -2.44. The first kappa shape index (κ1) is 18.3. The van der Waals surface area contributed by atoms with Crippen molar-refractivity contribution in [2.24, 2.45) is 0 Å². The summed E-state index contributed by atoms with van der Waals surface area (Å²) >= 11 is 0. The van der Waals surface area contributed by atoms with E-state index in [0.717, 1.165) is 41.3 Å². The van der Waals surface area contributed by atoms with Gasteiger partial charge in [-0.1, -0.05) is 0 Å². The Labute approximate surface area is 170 Å². The molecule has 0 radical (unpaired) electrons. The average molecular weight is 391 g/mol. The zero-order valence-electron chi connectivity index (χ0n) is 16.5. The number of aromatic nitrogens is 3. The van der Waals surface area contributed by atoms with Crippen molar-refractivity contribution in [2.75, 3.05) is 31.1 Å². The van der Waals surface area contributed by atoms with Crippen LogP contribution in [0.3, 0.4) is 0 Å². The van der Waals surface area contributed by atoms with Crippen LogP contribution in [0, 0.1) is 5.82 Å². The highest BCUT2D eigenvalue weighted by molar-refractivity contribution is 5.89. The molecule has 0 saturated carbocycles. The molecule has 2 fully saturated rings. The van der Waals surface area contributed by atoms with Crippen LogP contribution in [0.1, 0.15) is 25.7 Å². The van der Waals surface area contributed by atoms with E-state index in [1.165, 1.54) is 50.9 Å². The summed E-state index contributed by atoms with van der Waals surface area (Å²) in [7, 11) is 0. The summed E-state index contributed by atoms with van der Waals surface area (Å²) < 4.78 is 13.4. The van der Waals surface area contributed by atoms with Gasteiger partial charge in [-0.2, -0.15) is 5.10 Å². The van der Waals surface area contributed by atoms with Gasteiger partial charge in [0.1, 0.15) is 5.82 Å². The molecule has 0 bridgehead atoms. The quantitative estimate of drug-likeness (QED) is 0.719. The third kappa shape index (κ3) is 3.65. The first-order valence-electron chi connectivity index (χ1n) is 10.5. The van der Waals surface area contributed by atoms with Gasteiger partial charge in [-0.25, -0.2) is 4.39 Å². The van der Waals surface area contributed by atoms with Crippen molar-refractivity contribution in [1.82, 2.24) is 20.1 Å². The van der Waals surface area contributed by atoms with E-state index in [1.54, 1.807) is 24.5 Å². The third-order valence-corrected chi connectivity index (χ3v) is 6.27. The van der Waals surface area contributed by atoms with Crippen molar-refractivity contribution >= 4 is 5.82 Å². The van der Waals surface area contributed by atoms with Crippen molar-refractivity contribution in [3.8, 4) is 22.4 Å². The molecule has 29 heavy (non-hydrogen) atoms. The number of hydrogen-bond acceptors (Lipinski definition) is 4. The number of hydrogen-bond donors (Lipinski definition) is 1. The predicted octanol–water partition coefficient (Wildman–Crippen LogP) is 4.34. The summed E-state index contributed by atoms with van der Waals surface area (Å²) in [5.41, 5.74) is 4.00. The van der Waals surface area contributed by atoms with E-state index in [4.69, 9.17) is 5.10 Å². The molecule has 150 valence electrons. The van der Waals surface area contributed by atoms with Crippen LogP contribution in [0.4, 0.5) is 10.2 Å². The highest BCUT2D eigenvalue weighted by Crippen LogP contribution is 2.39. The van der Waals surface area contributed by atoms with E-state index in [9.17, 15) is 4.39 Å². The summed E-state index contributed by atoms with van der Waals surface area (Å²) in [6, 6.07) is 11.3. The number of aromatic amines is 1. The molecule has 0 amide bonds. The smallest absolute Gasteiger partial charge is 0.158 e. The number of likely N-dealkylation sites (tertiary alicyclic amines) is 1. The Morgan fingerprint density at radius 1 is 0.862 bits per heavy atom. The molecule has 0 aliphatic carbocycles. The fourth-order valence-electron chi connectivity index (χ4n) is 4.73. The van der Waals surface area contributed by atoms with Crippen LogP contribution in [0.2, 0.25) is 0 Å². The number of nitrogens with zero attached hydrogens (tertiary/aromatic N) is 4. The lowest BCUT2D eigenvalue weighted by molar-refractivity contribution is 0.207. The monoisotopic (exact) mass is 391 g/mol. The molecule has 2 aliphatic rings. The Morgan fingerprint density at radius 2 is 1.55 bits per heavy atom. The number of nitrogens with one attached hydrogen (secondary N) is 1. The zero-order chi connectivity index (χ0) is 19.6. The largest absolute Gasteiger partial charge is 0.355 e. The second-order valence-electron chi connectivity index (χ2n) is 8.00. The third-order valence-electron chi connectivity index (χ3n) is 6.27. The van der Waals surface area contributed by atoms with Crippen molar-refractivity contribution in [1.29, 1.82) is 0 Å². The van der Waals surface area contributed by atoms with Crippen LogP contribution >= 0.6 is 0 Å². The van der Waals surface area contributed by atoms with Gasteiger partial charge < -0.3 is 9.80 Å². The molecule has 0 unspecified atom stereocenters. The zero-order valence-corrected chi connectivity index (χ0v) is 16.5. The van der Waals surface area contributed by atoms with Gasteiger partial charge in [0.2, 0.25) is 0 Å². The minimum atomic E-state index is -0.233. The van der Waals surface area contributed by atoms with Crippen LogP contribution in [0.25, 0.3) is 22.4 Å². The number of rotatable bonds is 4. The van der Waals surface area contributed by atoms with Gasteiger partial charge in [-0.3, -0.25) is 10.1 Å². The van der Waals surface area contributed by atoms with E-state index in [2.05, 4.69) is 19.9 Å². The first-order chi connectivity index (χ1) is 14.3. The minimum absolute atomic E-state index is 0.233. The number of halogens is 1. The molecule has 0 atom stereocenters. The van der Waals surface area contributed by atoms with Crippen molar-refractivity contribution in [3.63, 3.8) is 0 Å². The molecule has 5 nitrogen and oxygen atoms in total. The number of benzene rings is 1. The van der Waals surface area contributed by atoms with E-state index < -0.39 is 0 Å². The number of piperidine rings is 1. The molecule has 6 heteroatoms. The van der Waals surface area contributed by atoms with Crippen molar-refractivity contribution < 1.29 is 4.39 Å². The van der Waals surface area contributed by atoms with Gasteiger partial charge in [-0.05, 0) is 80.7 Å².